The van der Waals surface area contributed by atoms with Crippen LogP contribution in [0.2, 0.25) is 0 Å². The number of rotatable bonds is 10. The maximum Gasteiger partial charge on any atom is 1.00 e. The van der Waals surface area contributed by atoms with E-state index < -0.39 is 17.4 Å². The number of benzene rings is 1. The zero-order chi connectivity index (χ0) is 15.7. The van der Waals surface area contributed by atoms with E-state index in [0.717, 1.165) is 32.1 Å². The third-order valence-corrected chi connectivity index (χ3v) is 3.87. The molecule has 0 unspecified atom stereocenters. The average Bonchev–Trinajstić information content (AvgIpc) is 2.47. The van der Waals surface area contributed by atoms with E-state index in [1.165, 1.54) is 12.1 Å². The van der Waals surface area contributed by atoms with Gasteiger partial charge in [0.15, 0.2) is 0 Å². The first kappa shape index (κ1) is 25.4. The Morgan fingerprint density at radius 3 is 1.83 bits per heavy atom. The van der Waals surface area contributed by atoms with Gasteiger partial charge in [-0.3, -0.25) is 0 Å². The van der Waals surface area contributed by atoms with E-state index in [-0.39, 0.29) is 71.1 Å². The van der Waals surface area contributed by atoms with Crippen LogP contribution in [-0.2, 0) is 15.0 Å². The molecule has 0 aliphatic carbocycles. The largest absolute Gasteiger partial charge is 1.00 e. The van der Waals surface area contributed by atoms with Crippen molar-refractivity contribution in [2.24, 2.45) is 0 Å². The monoisotopic (exact) mass is 336 g/mol. The minimum Gasteiger partial charge on any atom is -0.549 e. The molecule has 0 fully saturated rings. The van der Waals surface area contributed by atoms with E-state index in [4.69, 9.17) is 0 Å². The summed E-state index contributed by atoms with van der Waals surface area (Å²) in [6.45, 7) is 2.12. The second-order valence-corrected chi connectivity index (χ2v) is 5.36. The standard InChI is InChI=1S/C17H24O4.2Na/c1-2-3-4-5-6-10-13-17(15(18)19,16(20)21)14-11-8-7-9-12-14;;/h7-9,11-12H,2-6,10,13H2,1H3,(H,18,19)(H,20,21);;/q;2*+1/p-2. The normalized spacial score (nSPS) is 10.3. The van der Waals surface area contributed by atoms with E-state index in [9.17, 15) is 19.8 Å². The van der Waals surface area contributed by atoms with Crippen LogP contribution in [0.4, 0.5) is 0 Å². The topological polar surface area (TPSA) is 80.3 Å². The summed E-state index contributed by atoms with van der Waals surface area (Å²) in [5.74, 6) is -3.19. The molecule has 6 heteroatoms. The molecule has 0 bridgehead atoms. The first-order valence-corrected chi connectivity index (χ1v) is 7.54. The Labute approximate surface area is 182 Å². The third-order valence-electron chi connectivity index (χ3n) is 3.87. The number of carboxylic acid groups (broad SMARTS) is 2. The summed E-state index contributed by atoms with van der Waals surface area (Å²) < 4.78 is 0. The van der Waals surface area contributed by atoms with Crippen LogP contribution < -0.4 is 69.3 Å². The van der Waals surface area contributed by atoms with Gasteiger partial charge in [0, 0.05) is 0 Å². The molecule has 23 heavy (non-hydrogen) atoms. The zero-order valence-electron chi connectivity index (χ0n) is 14.5. The fraction of sp³-hybridized carbons (Fsp3) is 0.529. The van der Waals surface area contributed by atoms with Gasteiger partial charge in [-0.05, 0) is 12.0 Å². The molecule has 0 saturated heterocycles. The summed E-state index contributed by atoms with van der Waals surface area (Å²) >= 11 is 0. The fourth-order valence-corrected chi connectivity index (χ4v) is 2.56. The van der Waals surface area contributed by atoms with Crippen LogP contribution in [0, 0.1) is 0 Å². The molecule has 0 aromatic heterocycles. The van der Waals surface area contributed by atoms with Crippen LogP contribution in [0.1, 0.15) is 57.4 Å². The Morgan fingerprint density at radius 2 is 1.35 bits per heavy atom. The number of carboxylic acids is 2. The number of hydrogen-bond donors (Lipinski definition) is 0. The van der Waals surface area contributed by atoms with Gasteiger partial charge in [-0.15, -0.1) is 0 Å². The first-order chi connectivity index (χ1) is 10.1. The molecule has 0 aliphatic heterocycles. The van der Waals surface area contributed by atoms with Crippen molar-refractivity contribution in [3.63, 3.8) is 0 Å². The summed E-state index contributed by atoms with van der Waals surface area (Å²) in [7, 11) is 0. The Bertz CT molecular complexity index is 449. The zero-order valence-corrected chi connectivity index (χ0v) is 18.5. The van der Waals surface area contributed by atoms with Crippen molar-refractivity contribution in [3.05, 3.63) is 35.9 Å². The number of unbranched alkanes of at least 4 members (excludes halogenated alkanes) is 5. The molecule has 1 rings (SSSR count). The van der Waals surface area contributed by atoms with Crippen molar-refractivity contribution in [2.45, 2.75) is 57.3 Å². The molecule has 116 valence electrons. The number of carbonyl (C=O) groups is 2. The Balaban J connectivity index is 0. The fourth-order valence-electron chi connectivity index (χ4n) is 2.56. The smallest absolute Gasteiger partial charge is 0.549 e. The molecule has 0 aliphatic rings. The van der Waals surface area contributed by atoms with Gasteiger partial charge in [0.25, 0.3) is 0 Å². The van der Waals surface area contributed by atoms with Crippen LogP contribution >= 0.6 is 0 Å². The van der Waals surface area contributed by atoms with Gasteiger partial charge in [-0.1, -0.05) is 75.8 Å². The summed E-state index contributed by atoms with van der Waals surface area (Å²) in [6, 6.07) is 7.96. The summed E-state index contributed by atoms with van der Waals surface area (Å²) in [6.07, 6.45) is 5.70. The summed E-state index contributed by atoms with van der Waals surface area (Å²) in [4.78, 5) is 23.0. The van der Waals surface area contributed by atoms with Gasteiger partial charge in [0.05, 0.1) is 17.4 Å². The molecular formula is C17H22Na2O4. The van der Waals surface area contributed by atoms with Gasteiger partial charge < -0.3 is 19.8 Å². The van der Waals surface area contributed by atoms with Gasteiger partial charge in [0.1, 0.15) is 0 Å². The molecular weight excluding hydrogens is 314 g/mol. The van der Waals surface area contributed by atoms with Crippen molar-refractivity contribution >= 4 is 11.9 Å². The van der Waals surface area contributed by atoms with Crippen LogP contribution in [0.15, 0.2) is 30.3 Å². The predicted molar refractivity (Wildman–Crippen MR) is 76.1 cm³/mol. The van der Waals surface area contributed by atoms with Crippen LogP contribution in [0.25, 0.3) is 0 Å². The van der Waals surface area contributed by atoms with Crippen molar-refractivity contribution in [1.82, 2.24) is 0 Å². The van der Waals surface area contributed by atoms with Crippen molar-refractivity contribution in [2.75, 3.05) is 0 Å². The van der Waals surface area contributed by atoms with Crippen LogP contribution in [0.3, 0.4) is 0 Å². The minimum atomic E-state index is -2.05. The van der Waals surface area contributed by atoms with E-state index in [0.29, 0.717) is 6.42 Å². The van der Waals surface area contributed by atoms with E-state index in [1.807, 2.05) is 0 Å². The Morgan fingerprint density at radius 1 is 0.870 bits per heavy atom. The van der Waals surface area contributed by atoms with Crippen LogP contribution in [0.5, 0.6) is 0 Å². The van der Waals surface area contributed by atoms with Gasteiger partial charge >= 0.3 is 59.1 Å². The molecule has 0 amide bonds. The second kappa shape index (κ2) is 13.5. The van der Waals surface area contributed by atoms with Crippen molar-refractivity contribution in [1.29, 1.82) is 0 Å². The summed E-state index contributed by atoms with van der Waals surface area (Å²) in [5.41, 5.74) is -1.83. The predicted octanol–water partition coefficient (Wildman–Crippen LogP) is -4.82. The quantitative estimate of drug-likeness (QED) is 0.244. The van der Waals surface area contributed by atoms with E-state index in [1.54, 1.807) is 18.2 Å². The average molecular weight is 336 g/mol. The van der Waals surface area contributed by atoms with Crippen molar-refractivity contribution in [3.8, 4) is 0 Å². The molecule has 1 aromatic rings. The SMILES string of the molecule is CCCCCCCCC(C(=O)[O-])(C(=O)[O-])c1ccccc1.[Na+].[Na+]. The van der Waals surface area contributed by atoms with Gasteiger partial charge in [-0.25, -0.2) is 0 Å². The number of carbonyl (C=O) groups excluding carboxylic acids is 2. The van der Waals surface area contributed by atoms with Gasteiger partial charge in [-0.2, -0.15) is 0 Å². The number of aliphatic carboxylic acids is 2. The second-order valence-electron chi connectivity index (χ2n) is 5.36. The molecule has 0 atom stereocenters. The van der Waals surface area contributed by atoms with E-state index >= 15 is 0 Å². The molecule has 0 radical (unpaired) electrons. The molecule has 0 heterocycles. The Hall–Kier alpha value is 0.160. The maximum atomic E-state index is 11.5. The number of hydrogen-bond acceptors (Lipinski definition) is 4. The van der Waals surface area contributed by atoms with Crippen LogP contribution in [-0.4, -0.2) is 11.9 Å². The maximum absolute atomic E-state index is 11.5. The Kier molecular flexibility index (Phi) is 14.9. The molecule has 0 spiro atoms. The molecule has 1 aromatic carbocycles. The molecule has 4 nitrogen and oxygen atoms in total. The van der Waals surface area contributed by atoms with Crippen molar-refractivity contribution < 1.29 is 78.9 Å². The first-order valence-electron chi connectivity index (χ1n) is 7.54. The van der Waals surface area contributed by atoms with E-state index in [2.05, 4.69) is 6.92 Å². The third kappa shape index (κ3) is 7.29. The molecule has 0 N–H and O–H groups in total. The summed E-state index contributed by atoms with van der Waals surface area (Å²) in [5, 5.41) is 23.0. The minimum absolute atomic E-state index is 0. The molecule has 0 saturated carbocycles. The van der Waals surface area contributed by atoms with Gasteiger partial charge in [0.2, 0.25) is 0 Å².